The zero-order chi connectivity index (χ0) is 52.9. The molecule has 0 fully saturated rings. The number of phosphoric ester groups is 1. The Kier molecular flexibility index (Phi) is 51.4. The lowest BCUT2D eigenvalue weighted by Gasteiger charge is -2.27. The normalized spacial score (nSPS) is 13.9. The number of carbonyl (C=O) groups is 2. The van der Waals surface area contributed by atoms with Crippen LogP contribution < -0.4 is 5.32 Å². The fourth-order valence-electron chi connectivity index (χ4n) is 8.99. The summed E-state index contributed by atoms with van der Waals surface area (Å²) in [6.07, 6.45) is 62.9. The van der Waals surface area contributed by atoms with Crippen LogP contribution in [-0.2, 0) is 27.9 Å². The van der Waals surface area contributed by atoms with Crippen LogP contribution in [0.15, 0.2) is 36.5 Å². The zero-order valence-corrected chi connectivity index (χ0v) is 49.3. The van der Waals surface area contributed by atoms with E-state index in [1.165, 1.54) is 193 Å². The molecule has 72 heavy (non-hydrogen) atoms. The fraction of sp³-hybridized carbons (Fsp3) is 0.871. The number of hydrogen-bond acceptors (Lipinski definition) is 6. The summed E-state index contributed by atoms with van der Waals surface area (Å²) < 4.78 is 30.6. The van der Waals surface area contributed by atoms with Crippen molar-refractivity contribution in [1.29, 1.82) is 0 Å². The van der Waals surface area contributed by atoms with E-state index in [4.69, 9.17) is 13.8 Å². The van der Waals surface area contributed by atoms with Crippen LogP contribution in [0.5, 0.6) is 0 Å². The predicted molar refractivity (Wildman–Crippen MR) is 309 cm³/mol. The van der Waals surface area contributed by atoms with Gasteiger partial charge in [-0.25, -0.2) is 4.57 Å². The molecule has 0 aromatic heterocycles. The Morgan fingerprint density at radius 2 is 0.806 bits per heavy atom. The van der Waals surface area contributed by atoms with E-state index >= 15 is 0 Å². The maximum Gasteiger partial charge on any atom is 0.472 e. The highest BCUT2D eigenvalue weighted by molar-refractivity contribution is 7.47. The smallest absolute Gasteiger partial charge is 0.456 e. The molecule has 0 aliphatic heterocycles. The van der Waals surface area contributed by atoms with Gasteiger partial charge in [0.05, 0.1) is 33.8 Å². The van der Waals surface area contributed by atoms with Crippen LogP contribution >= 0.6 is 7.82 Å². The van der Waals surface area contributed by atoms with Crippen molar-refractivity contribution in [2.24, 2.45) is 0 Å². The Morgan fingerprint density at radius 1 is 0.472 bits per heavy atom. The molecule has 0 rings (SSSR count). The van der Waals surface area contributed by atoms with Crippen molar-refractivity contribution in [1.82, 2.24) is 5.32 Å². The average Bonchev–Trinajstić information content (AvgIpc) is 3.34. The second-order valence-corrected chi connectivity index (χ2v) is 23.7. The largest absolute Gasteiger partial charge is 0.472 e. The van der Waals surface area contributed by atoms with Gasteiger partial charge in [0.25, 0.3) is 0 Å². The minimum atomic E-state index is -4.44. The lowest BCUT2D eigenvalue weighted by Crippen LogP contribution is -2.47. The van der Waals surface area contributed by atoms with Gasteiger partial charge in [-0.3, -0.25) is 18.6 Å². The van der Waals surface area contributed by atoms with Gasteiger partial charge in [-0.1, -0.05) is 237 Å². The molecule has 0 aromatic rings. The molecule has 0 radical (unpaired) electrons. The third kappa shape index (κ3) is 53.1. The third-order valence-electron chi connectivity index (χ3n) is 13.8. The first-order chi connectivity index (χ1) is 34.9. The van der Waals surface area contributed by atoms with Crippen LogP contribution in [-0.4, -0.2) is 74.3 Å². The molecule has 3 atom stereocenters. The minimum Gasteiger partial charge on any atom is -0.456 e. The number of unbranched alkanes of at least 4 members (excludes halogenated alkanes) is 36. The summed E-state index contributed by atoms with van der Waals surface area (Å²) in [7, 11) is 1.50. The minimum absolute atomic E-state index is 0.0395. The van der Waals surface area contributed by atoms with Crippen LogP contribution in [0.4, 0.5) is 0 Å². The number of rotatable bonds is 56. The Balaban J connectivity index is 5.18. The molecule has 0 aromatic carbocycles. The maximum absolute atomic E-state index is 13.5. The summed E-state index contributed by atoms with van der Waals surface area (Å²) in [6.45, 7) is 7.01. The van der Waals surface area contributed by atoms with E-state index in [2.05, 4.69) is 50.4 Å². The van der Waals surface area contributed by atoms with Gasteiger partial charge in [-0.05, 0) is 83.1 Å². The molecule has 0 saturated heterocycles. The van der Waals surface area contributed by atoms with Crippen LogP contribution in [0.1, 0.15) is 297 Å². The number of nitrogens with one attached hydrogen (secondary N) is 1. The van der Waals surface area contributed by atoms with Crippen molar-refractivity contribution >= 4 is 19.7 Å². The number of ether oxygens (including phenoxy) is 1. The van der Waals surface area contributed by atoms with Gasteiger partial charge in [0.1, 0.15) is 19.3 Å². The van der Waals surface area contributed by atoms with Gasteiger partial charge < -0.3 is 19.4 Å². The molecule has 0 spiro atoms. The number of nitrogens with zero attached hydrogens (tertiary/aromatic N) is 1. The van der Waals surface area contributed by atoms with Crippen molar-refractivity contribution in [2.75, 3.05) is 40.9 Å². The number of amides is 1. The van der Waals surface area contributed by atoms with E-state index in [1.54, 1.807) is 0 Å². The molecule has 1 amide bonds. The molecule has 424 valence electrons. The molecule has 3 unspecified atom stereocenters. The highest BCUT2D eigenvalue weighted by Gasteiger charge is 2.30. The van der Waals surface area contributed by atoms with Crippen LogP contribution in [0.3, 0.4) is 0 Å². The van der Waals surface area contributed by atoms with E-state index in [1.807, 2.05) is 33.3 Å². The first-order valence-electron chi connectivity index (χ1n) is 30.8. The summed E-state index contributed by atoms with van der Waals surface area (Å²) in [6, 6.07) is -0.851. The summed E-state index contributed by atoms with van der Waals surface area (Å²) >= 11 is 0. The quantitative estimate of drug-likeness (QED) is 0.0205. The Morgan fingerprint density at radius 3 is 1.19 bits per heavy atom. The summed E-state index contributed by atoms with van der Waals surface area (Å²) in [5, 5.41) is 3.05. The average molecular weight is 1040 g/mol. The standard InChI is InChI=1S/C62H119N2O7P/c1-7-10-13-16-19-22-25-27-29-30-31-32-33-34-35-36-39-42-45-48-51-54-61(65)63-59(58-70-72(67,68)69-57-56-64(4,5)6)60(53-50-47-44-41-38-24-21-18-15-12-9-3)71-62(66)55-52-49-46-43-40-37-28-26-23-20-17-14-11-8-2/h27,29,37,40,50,53,59-60H,7-26,28,30-36,38-39,41-49,51-52,54-58H2,1-6H3,(H-,63,65,67,68)/p+1/b29-27+,40-37-,53-50-. The molecule has 9 nitrogen and oxygen atoms in total. The SMILES string of the molecule is CCCCCCCC/C=C/CCCCCCCCCCCCCC(=O)NC(COP(=O)(O)OCC[N+](C)(C)C)C(/C=C\CCCCCCCCCCC)OC(=O)CCCCC/C=C\CCCCCCCCC. The molecule has 0 aliphatic rings. The number of carbonyl (C=O) groups excluding carboxylic acids is 2. The lowest BCUT2D eigenvalue weighted by atomic mass is 10.0. The van der Waals surface area contributed by atoms with Crippen molar-refractivity contribution in [2.45, 2.75) is 309 Å². The molecule has 0 heterocycles. The maximum atomic E-state index is 13.5. The Hall–Kier alpha value is -1.77. The molecule has 0 bridgehead atoms. The molecule has 2 N–H and O–H groups in total. The predicted octanol–water partition coefficient (Wildman–Crippen LogP) is 18.7. The van der Waals surface area contributed by atoms with Crippen molar-refractivity contribution in [3.8, 4) is 0 Å². The van der Waals surface area contributed by atoms with E-state index < -0.39 is 20.0 Å². The highest BCUT2D eigenvalue weighted by atomic mass is 31.2. The number of quaternary nitrogens is 1. The van der Waals surface area contributed by atoms with Gasteiger partial charge in [-0.15, -0.1) is 0 Å². The number of hydrogen-bond donors (Lipinski definition) is 2. The number of esters is 1. The topological polar surface area (TPSA) is 111 Å². The Labute approximate surface area is 446 Å². The second kappa shape index (κ2) is 52.7. The lowest BCUT2D eigenvalue weighted by molar-refractivity contribution is -0.870. The van der Waals surface area contributed by atoms with Crippen molar-refractivity contribution in [3.63, 3.8) is 0 Å². The first-order valence-corrected chi connectivity index (χ1v) is 32.3. The molecular formula is C62H120N2O7P+. The highest BCUT2D eigenvalue weighted by Crippen LogP contribution is 2.43. The monoisotopic (exact) mass is 1040 g/mol. The molecule has 0 saturated carbocycles. The van der Waals surface area contributed by atoms with E-state index in [9.17, 15) is 19.0 Å². The molecule has 10 heteroatoms. The fourth-order valence-corrected chi connectivity index (χ4v) is 9.72. The van der Waals surface area contributed by atoms with Gasteiger partial charge in [-0.2, -0.15) is 0 Å². The molecule has 0 aliphatic carbocycles. The third-order valence-corrected chi connectivity index (χ3v) is 14.8. The second-order valence-electron chi connectivity index (χ2n) is 22.2. The van der Waals surface area contributed by atoms with Crippen LogP contribution in [0.2, 0.25) is 0 Å². The zero-order valence-electron chi connectivity index (χ0n) is 48.4. The van der Waals surface area contributed by atoms with Gasteiger partial charge in [0, 0.05) is 12.8 Å². The van der Waals surface area contributed by atoms with Gasteiger partial charge in [0.2, 0.25) is 5.91 Å². The van der Waals surface area contributed by atoms with E-state index in [0.717, 1.165) is 70.6 Å². The van der Waals surface area contributed by atoms with Crippen molar-refractivity contribution < 1.29 is 37.3 Å². The van der Waals surface area contributed by atoms with Gasteiger partial charge >= 0.3 is 13.8 Å². The molecular weight excluding hydrogens is 916 g/mol. The van der Waals surface area contributed by atoms with Gasteiger partial charge in [0.15, 0.2) is 0 Å². The summed E-state index contributed by atoms with van der Waals surface area (Å²) in [5.74, 6) is -0.515. The number of likely N-dealkylation sites (N-methyl/N-ethyl adjacent to an activating group) is 1. The van der Waals surface area contributed by atoms with Crippen molar-refractivity contribution in [3.05, 3.63) is 36.5 Å². The Bertz CT molecular complexity index is 1330. The van der Waals surface area contributed by atoms with Crippen LogP contribution in [0, 0.1) is 0 Å². The summed E-state index contributed by atoms with van der Waals surface area (Å²) in [4.78, 5) is 37.6. The van der Waals surface area contributed by atoms with Crippen LogP contribution in [0.25, 0.3) is 0 Å². The van der Waals surface area contributed by atoms with E-state index in [-0.39, 0.29) is 31.5 Å². The van der Waals surface area contributed by atoms with E-state index in [0.29, 0.717) is 17.4 Å². The first kappa shape index (κ1) is 70.2. The number of phosphoric acid groups is 1. The number of allylic oxidation sites excluding steroid dienone is 5. The summed E-state index contributed by atoms with van der Waals surface area (Å²) in [5.41, 5.74) is 0.